The molecular weight excluding hydrogens is 777 g/mol. The van der Waals surface area contributed by atoms with Crippen LogP contribution in [0, 0.1) is 0 Å². The van der Waals surface area contributed by atoms with Crippen molar-refractivity contribution in [1.29, 1.82) is 0 Å². The third-order valence-electron chi connectivity index (χ3n) is 14.1. The van der Waals surface area contributed by atoms with Crippen LogP contribution in [0.2, 0.25) is 0 Å². The predicted molar refractivity (Wildman–Crippen MR) is 269 cm³/mol. The number of fused-ring (bicyclic) bond motifs is 12. The van der Waals surface area contributed by atoms with E-state index in [2.05, 4.69) is 236 Å². The first-order chi connectivity index (χ1) is 31.5. The van der Waals surface area contributed by atoms with Crippen LogP contribution in [0.25, 0.3) is 82.3 Å². The summed E-state index contributed by atoms with van der Waals surface area (Å²) >= 11 is 0. The number of allylic oxidation sites excluding steroid dienone is 4. The minimum absolute atomic E-state index is 0.0367. The van der Waals surface area contributed by atoms with Gasteiger partial charge in [0, 0.05) is 38.3 Å². The van der Waals surface area contributed by atoms with E-state index in [1.807, 2.05) is 0 Å². The number of aromatic nitrogens is 1. The average molecular weight is 821 g/mol. The van der Waals surface area contributed by atoms with Gasteiger partial charge in [0.05, 0.1) is 28.1 Å². The molecule has 0 N–H and O–H groups in total. The molecule has 13 rings (SSSR count). The van der Waals surface area contributed by atoms with Gasteiger partial charge >= 0.3 is 0 Å². The summed E-state index contributed by atoms with van der Waals surface area (Å²) in [6.45, 7) is 4.75. The van der Waals surface area contributed by atoms with Crippen molar-refractivity contribution in [2.45, 2.75) is 31.7 Å². The first-order valence-electron chi connectivity index (χ1n) is 22.4. The summed E-state index contributed by atoms with van der Waals surface area (Å²) in [5.74, 6) is 0. The van der Waals surface area contributed by atoms with E-state index in [0.717, 1.165) is 56.3 Å². The van der Waals surface area contributed by atoms with Crippen LogP contribution in [-0.4, -0.2) is 4.57 Å². The number of hydrogen-bond donors (Lipinski definition) is 0. The topological polar surface area (TPSA) is 21.3 Å². The van der Waals surface area contributed by atoms with Crippen LogP contribution in [0.4, 0.5) is 17.1 Å². The second-order valence-electron chi connectivity index (χ2n) is 18.0. The molecule has 2 aliphatic carbocycles. The molecule has 0 saturated carbocycles. The Hall–Kier alpha value is -7.88. The van der Waals surface area contributed by atoms with E-state index in [0.29, 0.717) is 0 Å². The van der Waals surface area contributed by atoms with Crippen molar-refractivity contribution >= 4 is 77.2 Å². The van der Waals surface area contributed by atoms with Crippen molar-refractivity contribution in [2.75, 3.05) is 4.90 Å². The summed E-state index contributed by atoms with van der Waals surface area (Å²) in [4.78, 5) is 2.52. The molecule has 0 radical (unpaired) electrons. The van der Waals surface area contributed by atoms with E-state index in [4.69, 9.17) is 4.42 Å². The lowest BCUT2D eigenvalue weighted by molar-refractivity contribution is 0.650. The van der Waals surface area contributed by atoms with Crippen LogP contribution in [0.15, 0.2) is 217 Å². The van der Waals surface area contributed by atoms with E-state index in [9.17, 15) is 0 Å². The largest absolute Gasteiger partial charge is 0.455 e. The second-order valence-corrected chi connectivity index (χ2v) is 18.0. The normalized spacial score (nSPS) is 15.3. The summed E-state index contributed by atoms with van der Waals surface area (Å²) in [5.41, 5.74) is 17.5. The lowest BCUT2D eigenvalue weighted by Crippen LogP contribution is -2.17. The number of benzene rings is 9. The lowest BCUT2D eigenvalue weighted by atomic mass is 9.82. The first kappa shape index (κ1) is 36.7. The Kier molecular flexibility index (Phi) is 8.08. The highest BCUT2D eigenvalue weighted by Crippen LogP contribution is 2.54. The van der Waals surface area contributed by atoms with Gasteiger partial charge in [-0.3, -0.25) is 0 Å². The summed E-state index contributed by atoms with van der Waals surface area (Å²) in [7, 11) is 0. The Balaban J connectivity index is 1.15. The minimum atomic E-state index is -0.172. The quantitative estimate of drug-likeness (QED) is 0.167. The van der Waals surface area contributed by atoms with Crippen LogP contribution in [0.3, 0.4) is 0 Å². The molecule has 304 valence electrons. The maximum absolute atomic E-state index is 7.03. The molecule has 64 heavy (non-hydrogen) atoms. The molecule has 1 unspecified atom stereocenters. The van der Waals surface area contributed by atoms with Gasteiger partial charge in [0.15, 0.2) is 0 Å². The highest BCUT2D eigenvalue weighted by Gasteiger charge is 2.36. The molecule has 0 fully saturated rings. The first-order valence-corrected chi connectivity index (χ1v) is 22.4. The Labute approximate surface area is 372 Å². The zero-order chi connectivity index (χ0) is 42.5. The third-order valence-corrected chi connectivity index (χ3v) is 14.1. The van der Waals surface area contributed by atoms with Crippen molar-refractivity contribution in [3.05, 3.63) is 229 Å². The van der Waals surface area contributed by atoms with Crippen molar-refractivity contribution in [3.63, 3.8) is 0 Å². The summed E-state index contributed by atoms with van der Waals surface area (Å²) < 4.78 is 9.68. The minimum Gasteiger partial charge on any atom is -0.455 e. The van der Waals surface area contributed by atoms with E-state index in [1.54, 1.807) is 0 Å². The molecule has 1 atom stereocenters. The molecule has 0 aliphatic heterocycles. The zero-order valence-electron chi connectivity index (χ0n) is 35.8. The van der Waals surface area contributed by atoms with Gasteiger partial charge in [-0.2, -0.15) is 0 Å². The molecule has 2 aliphatic rings. The van der Waals surface area contributed by atoms with Gasteiger partial charge in [-0.05, 0) is 92.7 Å². The monoisotopic (exact) mass is 820 g/mol. The number of furan rings is 1. The average Bonchev–Trinajstić information content (AvgIpc) is 3.98. The highest BCUT2D eigenvalue weighted by atomic mass is 16.3. The van der Waals surface area contributed by atoms with E-state index >= 15 is 0 Å². The fraction of sp³-hybridized carbons (Fsp3) is 0.0820. The summed E-state index contributed by atoms with van der Waals surface area (Å²) in [5, 5.41) is 6.99. The Morgan fingerprint density at radius 3 is 2.00 bits per heavy atom. The molecule has 0 spiro atoms. The molecular formula is C61H44N2O. The molecule has 0 amide bonds. The van der Waals surface area contributed by atoms with Crippen molar-refractivity contribution < 1.29 is 4.42 Å². The zero-order valence-corrected chi connectivity index (χ0v) is 35.8. The van der Waals surface area contributed by atoms with Gasteiger partial charge in [0.25, 0.3) is 0 Å². The highest BCUT2D eigenvalue weighted by molar-refractivity contribution is 6.30. The molecule has 0 bridgehead atoms. The Bertz CT molecular complexity index is 3720. The Morgan fingerprint density at radius 2 is 1.20 bits per heavy atom. The number of nitrogens with zero attached hydrogens (tertiary/aromatic N) is 2. The molecule has 3 heteroatoms. The number of anilines is 3. The SMILES string of the molecule is CC1(C)c2ccccc2-c2ccc(N(c3ccc(-c4ccccc4)cc3)c3cc4c5ccccc5oc4c4c5ccc6ccccc6c5n(C5C=CC(c6ccccc6)=CC5)c34)cc21. The smallest absolute Gasteiger partial charge is 0.145 e. The van der Waals surface area contributed by atoms with Gasteiger partial charge in [-0.25, -0.2) is 0 Å². The van der Waals surface area contributed by atoms with Gasteiger partial charge < -0.3 is 13.9 Å². The van der Waals surface area contributed by atoms with E-state index in [1.165, 1.54) is 66.2 Å². The van der Waals surface area contributed by atoms with Gasteiger partial charge in [0.2, 0.25) is 0 Å². The molecule has 0 saturated heterocycles. The molecule has 2 heterocycles. The standard InChI is InChI=1S/C61H44N2O/c1-61(2)53-23-13-11-21-48(53)49-36-34-46(37-54(49)61)62(44-30-25-41(26-31-44)39-15-5-3-6-16-39)55-38-52-50-22-12-14-24-56(50)64-60(52)57-51-35-29-43-19-9-10-20-47(43)58(51)63(59(55)57)45-32-27-42(28-33-45)40-17-7-4-8-18-40/h3-32,34-38,45H,33H2,1-2H3. The van der Waals surface area contributed by atoms with Crippen LogP contribution in [0.1, 0.15) is 43.0 Å². The fourth-order valence-corrected chi connectivity index (χ4v) is 11.0. The second kappa shape index (κ2) is 14.1. The van der Waals surface area contributed by atoms with Gasteiger partial charge in [0.1, 0.15) is 11.2 Å². The fourth-order valence-electron chi connectivity index (χ4n) is 11.0. The number of para-hydroxylation sites is 1. The van der Waals surface area contributed by atoms with Crippen molar-refractivity contribution in [1.82, 2.24) is 4.57 Å². The Morgan fingerprint density at radius 1 is 0.531 bits per heavy atom. The van der Waals surface area contributed by atoms with Gasteiger partial charge in [-0.15, -0.1) is 0 Å². The van der Waals surface area contributed by atoms with E-state index < -0.39 is 0 Å². The van der Waals surface area contributed by atoms with Crippen molar-refractivity contribution in [3.8, 4) is 22.3 Å². The maximum atomic E-state index is 7.03. The van der Waals surface area contributed by atoms with Crippen LogP contribution >= 0.6 is 0 Å². The van der Waals surface area contributed by atoms with Crippen molar-refractivity contribution in [2.24, 2.45) is 0 Å². The van der Waals surface area contributed by atoms with Gasteiger partial charge in [-0.1, -0.05) is 190 Å². The maximum Gasteiger partial charge on any atom is 0.145 e. The van der Waals surface area contributed by atoms with E-state index in [-0.39, 0.29) is 11.5 Å². The molecule has 2 aromatic heterocycles. The molecule has 9 aromatic carbocycles. The number of hydrogen-bond acceptors (Lipinski definition) is 2. The van der Waals surface area contributed by atoms with Crippen LogP contribution in [0.5, 0.6) is 0 Å². The van der Waals surface area contributed by atoms with Crippen LogP contribution in [-0.2, 0) is 5.41 Å². The lowest BCUT2D eigenvalue weighted by Gasteiger charge is -2.30. The molecule has 11 aromatic rings. The van der Waals surface area contributed by atoms with Crippen LogP contribution < -0.4 is 4.90 Å². The molecule has 3 nitrogen and oxygen atoms in total. The predicted octanol–water partition coefficient (Wildman–Crippen LogP) is 16.9. The number of rotatable bonds is 6. The summed E-state index contributed by atoms with van der Waals surface area (Å²) in [6.07, 6.45) is 8.01. The third kappa shape index (κ3) is 5.47. The summed E-state index contributed by atoms with van der Waals surface area (Å²) in [6, 6.07) is 71.1.